The molecule has 0 spiro atoms. The monoisotopic (exact) mass is 329 g/mol. The number of esters is 1. The van der Waals surface area contributed by atoms with E-state index in [1.807, 2.05) is 24.3 Å². The lowest BCUT2D eigenvalue weighted by Gasteiger charge is -2.25. The van der Waals surface area contributed by atoms with Gasteiger partial charge in [0.25, 0.3) is 0 Å². The normalized spacial score (nSPS) is 16.0. The molecular formula is C17H19N3O4. The van der Waals surface area contributed by atoms with Crippen molar-refractivity contribution in [2.75, 3.05) is 18.5 Å². The van der Waals surface area contributed by atoms with E-state index in [0.29, 0.717) is 18.8 Å². The van der Waals surface area contributed by atoms with Crippen molar-refractivity contribution in [2.24, 2.45) is 0 Å². The third-order valence-electron chi connectivity index (χ3n) is 3.86. The van der Waals surface area contributed by atoms with Gasteiger partial charge in [-0.15, -0.1) is 0 Å². The minimum atomic E-state index is -0.496. The van der Waals surface area contributed by atoms with E-state index >= 15 is 0 Å². The predicted octanol–water partition coefficient (Wildman–Crippen LogP) is 2.48. The minimum Gasteiger partial charge on any atom is -0.493 e. The van der Waals surface area contributed by atoms with Crippen molar-refractivity contribution in [1.82, 2.24) is 10.2 Å². The molecule has 0 fully saturated rings. The molecule has 1 aliphatic heterocycles. The highest BCUT2D eigenvalue weighted by Gasteiger charge is 2.24. The number of hydrogen-bond acceptors (Lipinski definition) is 5. The Bertz CT molecular complexity index is 741. The quantitative estimate of drug-likeness (QED) is 0.822. The van der Waals surface area contributed by atoms with Gasteiger partial charge in [-0.05, 0) is 30.9 Å². The Morgan fingerprint density at radius 2 is 2.25 bits per heavy atom. The number of carbonyl (C=O) groups is 2. The maximum Gasteiger partial charge on any atom is 0.356 e. The maximum absolute atomic E-state index is 12.3. The SMILES string of the molecule is CCOC(=O)c1cc(NC(=O)C[C@H]2CCOc3ccccc32)n[nH]1. The van der Waals surface area contributed by atoms with Crippen molar-refractivity contribution in [2.45, 2.75) is 25.7 Å². The molecule has 7 heteroatoms. The fourth-order valence-corrected chi connectivity index (χ4v) is 2.74. The number of rotatable bonds is 5. The first-order valence-corrected chi connectivity index (χ1v) is 7.91. The third kappa shape index (κ3) is 3.56. The van der Waals surface area contributed by atoms with E-state index < -0.39 is 5.97 Å². The van der Waals surface area contributed by atoms with Crippen LogP contribution in [0.4, 0.5) is 5.82 Å². The number of amides is 1. The van der Waals surface area contributed by atoms with Crippen LogP contribution in [0.25, 0.3) is 0 Å². The number of para-hydroxylation sites is 1. The summed E-state index contributed by atoms with van der Waals surface area (Å²) < 4.78 is 10.5. The van der Waals surface area contributed by atoms with Crippen LogP contribution in [0.1, 0.15) is 41.7 Å². The molecular weight excluding hydrogens is 310 g/mol. The van der Waals surface area contributed by atoms with Crippen LogP contribution in [0.15, 0.2) is 30.3 Å². The number of nitrogens with one attached hydrogen (secondary N) is 2. The summed E-state index contributed by atoms with van der Waals surface area (Å²) in [4.78, 5) is 23.9. The topological polar surface area (TPSA) is 93.3 Å². The Morgan fingerprint density at radius 1 is 1.42 bits per heavy atom. The Labute approximate surface area is 139 Å². The average Bonchev–Trinajstić information content (AvgIpc) is 3.04. The van der Waals surface area contributed by atoms with Gasteiger partial charge < -0.3 is 14.8 Å². The Balaban J connectivity index is 1.62. The van der Waals surface area contributed by atoms with Gasteiger partial charge in [-0.2, -0.15) is 5.10 Å². The van der Waals surface area contributed by atoms with Gasteiger partial charge in [-0.3, -0.25) is 9.89 Å². The molecule has 1 aromatic heterocycles. The van der Waals surface area contributed by atoms with Crippen molar-refractivity contribution < 1.29 is 19.1 Å². The highest BCUT2D eigenvalue weighted by molar-refractivity contribution is 5.93. The molecule has 1 amide bonds. The maximum atomic E-state index is 12.3. The molecule has 0 radical (unpaired) electrons. The number of hydrogen-bond donors (Lipinski definition) is 2. The van der Waals surface area contributed by atoms with Gasteiger partial charge in [0.15, 0.2) is 5.82 Å². The third-order valence-corrected chi connectivity index (χ3v) is 3.86. The van der Waals surface area contributed by atoms with E-state index in [2.05, 4.69) is 15.5 Å². The van der Waals surface area contributed by atoms with Crippen LogP contribution in [0.3, 0.4) is 0 Å². The molecule has 2 aromatic rings. The second kappa shape index (κ2) is 7.16. The first-order chi connectivity index (χ1) is 11.7. The van der Waals surface area contributed by atoms with Gasteiger partial charge in [-0.1, -0.05) is 18.2 Å². The van der Waals surface area contributed by atoms with Crippen LogP contribution in [-0.4, -0.2) is 35.3 Å². The first kappa shape index (κ1) is 16.0. The minimum absolute atomic E-state index is 0.110. The van der Waals surface area contributed by atoms with Crippen molar-refractivity contribution >= 4 is 17.7 Å². The fourth-order valence-electron chi connectivity index (χ4n) is 2.74. The van der Waals surface area contributed by atoms with Crippen LogP contribution >= 0.6 is 0 Å². The smallest absolute Gasteiger partial charge is 0.356 e. The molecule has 7 nitrogen and oxygen atoms in total. The molecule has 0 unspecified atom stereocenters. The largest absolute Gasteiger partial charge is 0.493 e. The Hall–Kier alpha value is -2.83. The second-order valence-electron chi connectivity index (χ2n) is 5.51. The first-order valence-electron chi connectivity index (χ1n) is 7.91. The number of benzene rings is 1. The summed E-state index contributed by atoms with van der Waals surface area (Å²) >= 11 is 0. The summed E-state index contributed by atoms with van der Waals surface area (Å²) in [6.45, 7) is 2.61. The number of nitrogens with zero attached hydrogens (tertiary/aromatic N) is 1. The summed E-state index contributed by atoms with van der Waals surface area (Å²) in [5, 5.41) is 9.18. The van der Waals surface area contributed by atoms with Crippen LogP contribution in [0, 0.1) is 0 Å². The molecule has 1 atom stereocenters. The van der Waals surface area contributed by atoms with E-state index in [0.717, 1.165) is 17.7 Å². The lowest BCUT2D eigenvalue weighted by Crippen LogP contribution is -2.20. The standard InChI is InChI=1S/C17H19N3O4/c1-2-23-17(22)13-10-15(20-19-13)18-16(21)9-11-7-8-24-14-6-4-3-5-12(11)14/h3-6,10-11H,2,7-9H2,1H3,(H2,18,19,20,21)/t11-/m1/s1. The van der Waals surface area contributed by atoms with Gasteiger partial charge in [0.1, 0.15) is 11.4 Å². The molecule has 0 aliphatic carbocycles. The van der Waals surface area contributed by atoms with Crippen LogP contribution in [-0.2, 0) is 9.53 Å². The van der Waals surface area contributed by atoms with Crippen molar-refractivity contribution in [3.63, 3.8) is 0 Å². The Morgan fingerprint density at radius 3 is 3.08 bits per heavy atom. The second-order valence-corrected chi connectivity index (χ2v) is 5.51. The lowest BCUT2D eigenvalue weighted by atomic mass is 9.90. The van der Waals surface area contributed by atoms with E-state index in [1.54, 1.807) is 6.92 Å². The van der Waals surface area contributed by atoms with Crippen molar-refractivity contribution in [3.8, 4) is 5.75 Å². The highest BCUT2D eigenvalue weighted by atomic mass is 16.5. The average molecular weight is 329 g/mol. The van der Waals surface area contributed by atoms with Gasteiger partial charge in [0.2, 0.25) is 5.91 Å². The number of ether oxygens (including phenoxy) is 2. The van der Waals surface area contributed by atoms with Crippen LogP contribution in [0.2, 0.25) is 0 Å². The number of H-pyrrole nitrogens is 1. The molecule has 0 saturated carbocycles. The van der Waals surface area contributed by atoms with Crippen LogP contribution < -0.4 is 10.1 Å². The summed E-state index contributed by atoms with van der Waals surface area (Å²) in [5.74, 6) is 0.607. The van der Waals surface area contributed by atoms with E-state index in [4.69, 9.17) is 9.47 Å². The van der Waals surface area contributed by atoms with Crippen molar-refractivity contribution in [3.05, 3.63) is 41.6 Å². The highest BCUT2D eigenvalue weighted by Crippen LogP contribution is 2.35. The number of aromatic amines is 1. The number of fused-ring (bicyclic) bond motifs is 1. The zero-order valence-electron chi connectivity index (χ0n) is 13.4. The molecule has 126 valence electrons. The fraction of sp³-hybridized carbons (Fsp3) is 0.353. The van der Waals surface area contributed by atoms with Gasteiger partial charge >= 0.3 is 5.97 Å². The molecule has 2 N–H and O–H groups in total. The van der Waals surface area contributed by atoms with E-state index in [9.17, 15) is 9.59 Å². The Kier molecular flexibility index (Phi) is 4.79. The molecule has 3 rings (SSSR count). The number of anilines is 1. The molecule has 1 aromatic carbocycles. The zero-order chi connectivity index (χ0) is 16.9. The summed E-state index contributed by atoms with van der Waals surface area (Å²) in [5.41, 5.74) is 1.26. The summed E-state index contributed by atoms with van der Waals surface area (Å²) in [6, 6.07) is 9.23. The molecule has 2 heterocycles. The zero-order valence-corrected chi connectivity index (χ0v) is 13.4. The number of aromatic nitrogens is 2. The number of carbonyl (C=O) groups excluding carboxylic acids is 2. The predicted molar refractivity (Wildman–Crippen MR) is 87.1 cm³/mol. The van der Waals surface area contributed by atoms with E-state index in [-0.39, 0.29) is 24.1 Å². The molecule has 1 aliphatic rings. The molecule has 0 saturated heterocycles. The molecule has 0 bridgehead atoms. The van der Waals surface area contributed by atoms with Crippen molar-refractivity contribution in [1.29, 1.82) is 0 Å². The summed E-state index contributed by atoms with van der Waals surface area (Å²) in [7, 11) is 0. The van der Waals surface area contributed by atoms with E-state index in [1.165, 1.54) is 6.07 Å². The summed E-state index contributed by atoms with van der Waals surface area (Å²) in [6.07, 6.45) is 1.13. The van der Waals surface area contributed by atoms with Gasteiger partial charge in [0, 0.05) is 12.5 Å². The van der Waals surface area contributed by atoms with Gasteiger partial charge in [0.05, 0.1) is 13.2 Å². The van der Waals surface area contributed by atoms with Crippen LogP contribution in [0.5, 0.6) is 5.75 Å². The molecule has 24 heavy (non-hydrogen) atoms. The van der Waals surface area contributed by atoms with Gasteiger partial charge in [-0.25, -0.2) is 4.79 Å². The lowest BCUT2D eigenvalue weighted by molar-refractivity contribution is -0.116.